The number of piperidine rings is 1. The highest BCUT2D eigenvalue weighted by Crippen LogP contribution is 2.20. The van der Waals surface area contributed by atoms with Gasteiger partial charge in [0.2, 0.25) is 5.76 Å². The Bertz CT molecular complexity index is 837. The van der Waals surface area contributed by atoms with E-state index in [1.54, 1.807) is 17.4 Å². The summed E-state index contributed by atoms with van der Waals surface area (Å²) in [5.41, 5.74) is 1.62. The van der Waals surface area contributed by atoms with Gasteiger partial charge in [0, 0.05) is 42.2 Å². The summed E-state index contributed by atoms with van der Waals surface area (Å²) in [4.78, 5) is 16.3. The predicted octanol–water partition coefficient (Wildman–Crippen LogP) is 3.80. The summed E-state index contributed by atoms with van der Waals surface area (Å²) in [7, 11) is 0. The normalized spacial score (nSPS) is 15.8. The van der Waals surface area contributed by atoms with Crippen LogP contribution in [0.15, 0.2) is 58.4 Å². The monoisotopic (exact) mass is 367 g/mol. The smallest absolute Gasteiger partial charge is 0.290 e. The molecule has 6 heteroatoms. The summed E-state index contributed by atoms with van der Waals surface area (Å²) < 4.78 is 5.24. The molecular formula is C20H21N3O2S. The highest BCUT2D eigenvalue weighted by molar-refractivity contribution is 7.09. The second-order valence-electron chi connectivity index (χ2n) is 6.55. The lowest BCUT2D eigenvalue weighted by molar-refractivity contribution is 0.0872. The molecule has 0 aliphatic carbocycles. The lowest BCUT2D eigenvalue weighted by Gasteiger charge is -2.31. The molecule has 1 saturated heterocycles. The zero-order chi connectivity index (χ0) is 17.8. The van der Waals surface area contributed by atoms with Gasteiger partial charge in [-0.3, -0.25) is 9.69 Å². The van der Waals surface area contributed by atoms with Crippen LogP contribution in [0.4, 0.5) is 0 Å². The van der Waals surface area contributed by atoms with Crippen LogP contribution in [-0.4, -0.2) is 35.1 Å². The quantitative estimate of drug-likeness (QED) is 0.745. The first kappa shape index (κ1) is 17.0. The van der Waals surface area contributed by atoms with E-state index in [2.05, 4.69) is 32.9 Å². The second kappa shape index (κ2) is 7.85. The fourth-order valence-corrected chi connectivity index (χ4v) is 3.99. The predicted molar refractivity (Wildman–Crippen MR) is 102 cm³/mol. The number of rotatable bonds is 5. The van der Waals surface area contributed by atoms with Crippen molar-refractivity contribution in [1.82, 2.24) is 15.4 Å². The summed E-state index contributed by atoms with van der Waals surface area (Å²) in [5.74, 6) is 0.0845. The minimum absolute atomic E-state index is 0.184. The highest BCUT2D eigenvalue weighted by Gasteiger charge is 2.23. The van der Waals surface area contributed by atoms with E-state index in [0.717, 1.165) is 38.0 Å². The number of hydrogen-bond donors (Lipinski definition) is 1. The van der Waals surface area contributed by atoms with E-state index in [-0.39, 0.29) is 17.7 Å². The Kier molecular flexibility index (Phi) is 5.13. The Labute approximate surface area is 156 Å². The van der Waals surface area contributed by atoms with Crippen molar-refractivity contribution in [3.05, 3.63) is 64.5 Å². The molecule has 26 heavy (non-hydrogen) atoms. The van der Waals surface area contributed by atoms with Crippen LogP contribution in [0.5, 0.6) is 0 Å². The van der Waals surface area contributed by atoms with Crippen LogP contribution in [0.2, 0.25) is 0 Å². The number of benzene rings is 1. The third-order valence-electron chi connectivity index (χ3n) is 4.69. The minimum Gasteiger partial charge on any atom is -0.350 e. The average molecular weight is 367 g/mol. The summed E-state index contributed by atoms with van der Waals surface area (Å²) in [6, 6.07) is 15.9. The van der Waals surface area contributed by atoms with Gasteiger partial charge in [-0.2, -0.15) is 0 Å². The molecule has 134 valence electrons. The number of thiophene rings is 1. The van der Waals surface area contributed by atoms with Gasteiger partial charge in [0.1, 0.15) is 5.69 Å². The van der Waals surface area contributed by atoms with Crippen molar-refractivity contribution in [2.75, 3.05) is 13.1 Å². The zero-order valence-electron chi connectivity index (χ0n) is 14.4. The van der Waals surface area contributed by atoms with Crippen LogP contribution < -0.4 is 5.32 Å². The first-order chi connectivity index (χ1) is 12.8. The molecule has 0 atom stereocenters. The van der Waals surface area contributed by atoms with E-state index in [1.165, 1.54) is 4.88 Å². The lowest BCUT2D eigenvalue weighted by Crippen LogP contribution is -2.44. The van der Waals surface area contributed by atoms with Crippen LogP contribution >= 0.6 is 11.3 Å². The number of carbonyl (C=O) groups excluding carboxylic acids is 1. The highest BCUT2D eigenvalue weighted by atomic mass is 32.1. The molecule has 0 bridgehead atoms. The Morgan fingerprint density at radius 3 is 2.73 bits per heavy atom. The molecule has 1 amide bonds. The Hall–Kier alpha value is -2.44. The third kappa shape index (κ3) is 4.03. The van der Waals surface area contributed by atoms with Gasteiger partial charge in [-0.25, -0.2) is 0 Å². The minimum atomic E-state index is -0.184. The van der Waals surface area contributed by atoms with Crippen molar-refractivity contribution in [2.24, 2.45) is 0 Å². The summed E-state index contributed by atoms with van der Waals surface area (Å²) in [6.45, 7) is 2.99. The summed E-state index contributed by atoms with van der Waals surface area (Å²) in [5, 5.41) is 9.21. The maximum Gasteiger partial charge on any atom is 0.290 e. The molecule has 0 saturated carbocycles. The standard InChI is InChI=1S/C20H21N3O2S/c24-20(19-13-18(22-25-19)15-5-2-1-3-6-15)21-16-8-10-23(11-9-16)14-17-7-4-12-26-17/h1-7,12-13,16H,8-11,14H2,(H,21,24). The number of nitrogens with zero attached hydrogens (tertiary/aromatic N) is 2. The van der Waals surface area contributed by atoms with Crippen molar-refractivity contribution >= 4 is 17.2 Å². The van der Waals surface area contributed by atoms with E-state index in [0.29, 0.717) is 5.69 Å². The molecule has 0 radical (unpaired) electrons. The molecule has 0 unspecified atom stereocenters. The molecule has 5 nitrogen and oxygen atoms in total. The SMILES string of the molecule is O=C(NC1CCN(Cc2cccs2)CC1)c1cc(-c2ccccc2)no1. The van der Waals surface area contributed by atoms with Crippen LogP contribution in [0.3, 0.4) is 0 Å². The molecule has 1 aliphatic heterocycles. The Morgan fingerprint density at radius 1 is 1.19 bits per heavy atom. The maximum atomic E-state index is 12.4. The summed E-state index contributed by atoms with van der Waals surface area (Å²) in [6.07, 6.45) is 1.91. The number of likely N-dealkylation sites (tertiary alicyclic amines) is 1. The first-order valence-electron chi connectivity index (χ1n) is 8.86. The number of carbonyl (C=O) groups is 1. The molecule has 3 heterocycles. The summed E-state index contributed by atoms with van der Waals surface area (Å²) >= 11 is 1.80. The topological polar surface area (TPSA) is 58.4 Å². The maximum absolute atomic E-state index is 12.4. The Balaban J connectivity index is 1.30. The van der Waals surface area contributed by atoms with E-state index >= 15 is 0 Å². The fourth-order valence-electron chi connectivity index (χ4n) is 3.24. The third-order valence-corrected chi connectivity index (χ3v) is 5.55. The fraction of sp³-hybridized carbons (Fsp3) is 0.300. The number of hydrogen-bond acceptors (Lipinski definition) is 5. The zero-order valence-corrected chi connectivity index (χ0v) is 15.2. The molecule has 2 aromatic heterocycles. The van der Waals surface area contributed by atoms with Gasteiger partial charge in [0.25, 0.3) is 5.91 Å². The molecule has 1 fully saturated rings. The van der Waals surface area contributed by atoms with Crippen LogP contribution in [0, 0.1) is 0 Å². The largest absolute Gasteiger partial charge is 0.350 e. The molecule has 1 aromatic carbocycles. The molecule has 3 aromatic rings. The number of nitrogens with one attached hydrogen (secondary N) is 1. The van der Waals surface area contributed by atoms with Gasteiger partial charge >= 0.3 is 0 Å². The van der Waals surface area contributed by atoms with Crippen molar-refractivity contribution < 1.29 is 9.32 Å². The van der Waals surface area contributed by atoms with Gasteiger partial charge in [0.15, 0.2) is 0 Å². The molecular weight excluding hydrogens is 346 g/mol. The second-order valence-corrected chi connectivity index (χ2v) is 7.58. The van der Waals surface area contributed by atoms with E-state index in [4.69, 9.17) is 4.52 Å². The van der Waals surface area contributed by atoms with Gasteiger partial charge in [-0.05, 0) is 24.3 Å². The first-order valence-corrected chi connectivity index (χ1v) is 9.73. The van der Waals surface area contributed by atoms with Crippen molar-refractivity contribution in [2.45, 2.75) is 25.4 Å². The molecule has 1 aliphatic rings. The van der Waals surface area contributed by atoms with Crippen LogP contribution in [0.25, 0.3) is 11.3 Å². The van der Waals surface area contributed by atoms with Crippen molar-refractivity contribution in [1.29, 1.82) is 0 Å². The number of amides is 1. The van der Waals surface area contributed by atoms with Gasteiger partial charge in [-0.1, -0.05) is 41.6 Å². The number of aromatic nitrogens is 1. The van der Waals surface area contributed by atoms with E-state index in [1.807, 2.05) is 30.3 Å². The van der Waals surface area contributed by atoms with E-state index in [9.17, 15) is 4.79 Å². The Morgan fingerprint density at radius 2 is 2.00 bits per heavy atom. The van der Waals surface area contributed by atoms with Crippen molar-refractivity contribution in [3.63, 3.8) is 0 Å². The van der Waals surface area contributed by atoms with Crippen LogP contribution in [-0.2, 0) is 6.54 Å². The lowest BCUT2D eigenvalue weighted by atomic mass is 10.0. The average Bonchev–Trinajstić information content (AvgIpc) is 3.36. The van der Waals surface area contributed by atoms with Gasteiger partial charge in [-0.15, -0.1) is 11.3 Å². The van der Waals surface area contributed by atoms with Crippen LogP contribution in [0.1, 0.15) is 28.3 Å². The van der Waals surface area contributed by atoms with Gasteiger partial charge in [0.05, 0.1) is 0 Å². The van der Waals surface area contributed by atoms with Crippen molar-refractivity contribution in [3.8, 4) is 11.3 Å². The molecule has 0 spiro atoms. The van der Waals surface area contributed by atoms with E-state index < -0.39 is 0 Å². The van der Waals surface area contributed by atoms with Gasteiger partial charge < -0.3 is 9.84 Å². The molecule has 1 N–H and O–H groups in total. The molecule has 4 rings (SSSR count).